The Kier molecular flexibility index (Phi) is 8.27. The highest BCUT2D eigenvalue weighted by Crippen LogP contribution is 2.28. The van der Waals surface area contributed by atoms with Crippen LogP contribution in [0, 0.1) is 0 Å². The number of hydrazone groups is 1. The van der Waals surface area contributed by atoms with Gasteiger partial charge in [-0.05, 0) is 48.5 Å². The summed E-state index contributed by atoms with van der Waals surface area (Å²) >= 11 is 7.25. The molecule has 2 aromatic carbocycles. The Balaban J connectivity index is 1.45. The molecule has 0 radical (unpaired) electrons. The Morgan fingerprint density at radius 3 is 2.58 bits per heavy atom. The first-order valence-electron chi connectivity index (χ1n) is 10.5. The van der Waals surface area contributed by atoms with Crippen molar-refractivity contribution in [1.82, 2.24) is 25.2 Å². The number of ether oxygens (including phenoxy) is 1. The Bertz CT molecular complexity index is 1380. The molecule has 2 N–H and O–H groups in total. The highest BCUT2D eigenvalue weighted by Gasteiger charge is 2.17. The van der Waals surface area contributed by atoms with Crippen LogP contribution in [0.15, 0.2) is 83.3 Å². The fourth-order valence-corrected chi connectivity index (χ4v) is 3.94. The van der Waals surface area contributed by atoms with Crippen LogP contribution in [0.25, 0.3) is 17.1 Å². The summed E-state index contributed by atoms with van der Waals surface area (Å²) < 4.78 is 7.06. The predicted octanol–water partition coefficient (Wildman–Crippen LogP) is 3.69. The predicted molar refractivity (Wildman–Crippen MR) is 136 cm³/mol. The monoisotopic (exact) mass is 522 g/mol. The summed E-state index contributed by atoms with van der Waals surface area (Å²) in [4.78, 5) is 27.2. The second kappa shape index (κ2) is 12.0. The molecule has 4 rings (SSSR count). The first-order chi connectivity index (χ1) is 17.5. The van der Waals surface area contributed by atoms with Gasteiger partial charge in [-0.25, -0.2) is 10.2 Å². The third-order valence-electron chi connectivity index (χ3n) is 4.65. The average molecular weight is 523 g/mol. The van der Waals surface area contributed by atoms with Crippen molar-refractivity contribution in [3.05, 3.63) is 83.6 Å². The molecule has 0 aliphatic rings. The van der Waals surface area contributed by atoms with Gasteiger partial charge in [0, 0.05) is 34.2 Å². The maximum absolute atomic E-state index is 12.4. The summed E-state index contributed by atoms with van der Waals surface area (Å²) in [6.07, 6.45) is 4.72. The van der Waals surface area contributed by atoms with Crippen LogP contribution in [0.1, 0.15) is 5.56 Å². The van der Waals surface area contributed by atoms with Gasteiger partial charge in [0.05, 0.1) is 12.0 Å². The fourth-order valence-electron chi connectivity index (χ4n) is 3.07. The fraction of sp³-hybridized carbons (Fsp3) is 0.0833. The van der Waals surface area contributed by atoms with Gasteiger partial charge in [0.15, 0.2) is 17.6 Å². The number of pyridine rings is 1. The van der Waals surface area contributed by atoms with Crippen molar-refractivity contribution in [3.63, 3.8) is 0 Å². The third-order valence-corrected chi connectivity index (χ3v) is 5.83. The minimum Gasteiger partial charge on any atom is -0.481 e. The van der Waals surface area contributed by atoms with Crippen LogP contribution in [-0.2, 0) is 9.59 Å². The van der Waals surface area contributed by atoms with E-state index in [2.05, 4.69) is 25.7 Å². The van der Waals surface area contributed by atoms with E-state index in [1.165, 1.54) is 18.0 Å². The van der Waals surface area contributed by atoms with Crippen molar-refractivity contribution in [2.45, 2.75) is 5.16 Å². The number of carboxylic acids is 1. The number of carboxylic acid groups (broad SMARTS) is 1. The van der Waals surface area contributed by atoms with Gasteiger partial charge in [-0.1, -0.05) is 35.5 Å². The van der Waals surface area contributed by atoms with Crippen LogP contribution in [0.2, 0.25) is 5.02 Å². The number of carbonyl (C=O) groups excluding carboxylic acids is 1. The van der Waals surface area contributed by atoms with Crippen LogP contribution in [-0.4, -0.2) is 55.3 Å². The van der Waals surface area contributed by atoms with E-state index in [1.54, 1.807) is 48.8 Å². The van der Waals surface area contributed by atoms with Crippen LogP contribution in [0.5, 0.6) is 5.75 Å². The number of amides is 1. The van der Waals surface area contributed by atoms with Gasteiger partial charge in [-0.3, -0.25) is 14.3 Å². The van der Waals surface area contributed by atoms with Crippen molar-refractivity contribution >= 4 is 41.5 Å². The molecule has 0 aliphatic heterocycles. The average Bonchev–Trinajstić information content (AvgIpc) is 3.32. The van der Waals surface area contributed by atoms with Gasteiger partial charge in [0.2, 0.25) is 0 Å². The molecule has 36 heavy (non-hydrogen) atoms. The molecule has 0 spiro atoms. The van der Waals surface area contributed by atoms with E-state index in [-0.39, 0.29) is 11.7 Å². The molecule has 2 aromatic heterocycles. The highest BCUT2D eigenvalue weighted by molar-refractivity contribution is 7.99. The van der Waals surface area contributed by atoms with Crippen molar-refractivity contribution in [2.24, 2.45) is 5.10 Å². The lowest BCUT2D eigenvalue weighted by Crippen LogP contribution is -2.20. The van der Waals surface area contributed by atoms with E-state index in [0.717, 1.165) is 11.3 Å². The Morgan fingerprint density at radius 2 is 1.83 bits per heavy atom. The SMILES string of the molecule is O=C(O)COc1ccccc1/C=N\NC(=O)CSc1nnc(-c2ccncc2)n1-c1ccc(Cl)cc1. The number of nitrogens with zero attached hydrogens (tertiary/aromatic N) is 5. The number of nitrogens with one attached hydrogen (secondary N) is 1. The normalized spacial score (nSPS) is 10.9. The number of aromatic nitrogens is 4. The van der Waals surface area contributed by atoms with Crippen molar-refractivity contribution in [2.75, 3.05) is 12.4 Å². The van der Waals surface area contributed by atoms with Crippen LogP contribution < -0.4 is 10.2 Å². The lowest BCUT2D eigenvalue weighted by molar-refractivity contribution is -0.139. The van der Waals surface area contributed by atoms with Crippen LogP contribution >= 0.6 is 23.4 Å². The summed E-state index contributed by atoms with van der Waals surface area (Å²) in [6.45, 7) is -0.483. The number of benzene rings is 2. The topological polar surface area (TPSA) is 132 Å². The Morgan fingerprint density at radius 1 is 1.08 bits per heavy atom. The lowest BCUT2D eigenvalue weighted by Gasteiger charge is -2.10. The lowest BCUT2D eigenvalue weighted by atomic mass is 10.2. The number of rotatable bonds is 10. The molecule has 12 heteroatoms. The Labute approximate surface area is 215 Å². The summed E-state index contributed by atoms with van der Waals surface area (Å²) in [6, 6.07) is 17.6. The van der Waals surface area contributed by atoms with Crippen molar-refractivity contribution in [1.29, 1.82) is 0 Å². The van der Waals surface area contributed by atoms with Gasteiger partial charge >= 0.3 is 5.97 Å². The van der Waals surface area contributed by atoms with E-state index < -0.39 is 12.6 Å². The molecule has 0 saturated carbocycles. The smallest absolute Gasteiger partial charge is 0.341 e. The molecule has 182 valence electrons. The molecule has 2 heterocycles. The highest BCUT2D eigenvalue weighted by atomic mass is 35.5. The molecule has 0 unspecified atom stereocenters. The van der Waals surface area contributed by atoms with E-state index in [0.29, 0.717) is 27.3 Å². The molecule has 1 amide bonds. The number of para-hydroxylation sites is 1. The Hall–Kier alpha value is -4.22. The minimum atomic E-state index is -1.09. The van der Waals surface area contributed by atoms with Gasteiger partial charge in [-0.2, -0.15) is 5.10 Å². The standard InChI is InChI=1S/C24H19ClN6O4S/c25-18-5-7-19(8-6-18)31-23(16-9-11-26-12-10-16)29-30-24(31)36-15-21(32)28-27-13-17-3-1-2-4-20(17)35-14-22(33)34/h1-13H,14-15H2,(H,28,32)(H,33,34)/b27-13-. The zero-order valence-electron chi connectivity index (χ0n) is 18.6. The van der Waals surface area contributed by atoms with E-state index in [9.17, 15) is 9.59 Å². The number of hydrogen-bond acceptors (Lipinski definition) is 8. The molecule has 0 saturated heterocycles. The van der Waals surface area contributed by atoms with Crippen LogP contribution in [0.3, 0.4) is 0 Å². The molecule has 10 nitrogen and oxygen atoms in total. The number of thioether (sulfide) groups is 1. The minimum absolute atomic E-state index is 0.0244. The molecule has 0 atom stereocenters. The number of hydrogen-bond donors (Lipinski definition) is 2. The molecule has 0 aliphatic carbocycles. The van der Waals surface area contributed by atoms with Gasteiger partial charge in [0.25, 0.3) is 5.91 Å². The molecular formula is C24H19ClN6O4S. The summed E-state index contributed by atoms with van der Waals surface area (Å²) in [5, 5.41) is 22.5. The number of carbonyl (C=O) groups is 2. The number of halogens is 1. The maximum Gasteiger partial charge on any atom is 0.341 e. The molecule has 0 bridgehead atoms. The zero-order valence-corrected chi connectivity index (χ0v) is 20.2. The quantitative estimate of drug-likeness (QED) is 0.183. The van der Waals surface area contributed by atoms with Gasteiger partial charge in [-0.15, -0.1) is 10.2 Å². The zero-order chi connectivity index (χ0) is 25.3. The second-order valence-corrected chi connectivity index (χ2v) is 8.53. The van der Waals surface area contributed by atoms with Crippen LogP contribution in [0.4, 0.5) is 0 Å². The van der Waals surface area contributed by atoms with Crippen molar-refractivity contribution in [3.8, 4) is 22.8 Å². The molecule has 0 fully saturated rings. The summed E-state index contributed by atoms with van der Waals surface area (Å²) in [5.41, 5.74) is 4.58. The van der Waals surface area contributed by atoms with Gasteiger partial charge < -0.3 is 9.84 Å². The van der Waals surface area contributed by atoms with E-state index in [1.807, 2.05) is 28.8 Å². The second-order valence-electron chi connectivity index (χ2n) is 7.16. The van der Waals surface area contributed by atoms with Crippen molar-refractivity contribution < 1.29 is 19.4 Å². The molecular weight excluding hydrogens is 504 g/mol. The maximum atomic E-state index is 12.4. The van der Waals surface area contributed by atoms with E-state index >= 15 is 0 Å². The first kappa shape index (κ1) is 24.9. The largest absolute Gasteiger partial charge is 0.481 e. The first-order valence-corrected chi connectivity index (χ1v) is 11.9. The van der Waals surface area contributed by atoms with Gasteiger partial charge in [0.1, 0.15) is 5.75 Å². The molecule has 4 aromatic rings. The number of aliphatic carboxylic acids is 1. The summed E-state index contributed by atoms with van der Waals surface area (Å²) in [5.74, 6) is -0.496. The summed E-state index contributed by atoms with van der Waals surface area (Å²) in [7, 11) is 0. The third kappa shape index (κ3) is 6.46. The van der Waals surface area contributed by atoms with E-state index in [4.69, 9.17) is 21.4 Å².